The molecule has 1 aromatic carbocycles. The molecule has 2 aromatic rings. The van der Waals surface area contributed by atoms with Crippen molar-refractivity contribution in [2.24, 2.45) is 0 Å². The van der Waals surface area contributed by atoms with Crippen molar-refractivity contribution in [2.45, 2.75) is 20.4 Å². The summed E-state index contributed by atoms with van der Waals surface area (Å²) in [6.45, 7) is 4.57. The Hall–Kier alpha value is -2.70. The highest BCUT2D eigenvalue weighted by Crippen LogP contribution is 2.30. The third-order valence-electron chi connectivity index (χ3n) is 3.14. The van der Waals surface area contributed by atoms with Crippen molar-refractivity contribution >= 4 is 11.7 Å². The van der Waals surface area contributed by atoms with Crippen LogP contribution in [0.2, 0.25) is 0 Å². The summed E-state index contributed by atoms with van der Waals surface area (Å²) in [7, 11) is 3.26. The molecule has 2 rings (SSSR count). The summed E-state index contributed by atoms with van der Waals surface area (Å²) in [6.07, 6.45) is 0. The van der Waals surface area contributed by atoms with Gasteiger partial charge in [0.2, 0.25) is 0 Å². The van der Waals surface area contributed by atoms with Gasteiger partial charge < -0.3 is 24.2 Å². The van der Waals surface area contributed by atoms with Crippen LogP contribution in [0.15, 0.2) is 28.8 Å². The first kappa shape index (κ1) is 16.7. The lowest BCUT2D eigenvalue weighted by atomic mass is 10.2. The van der Waals surface area contributed by atoms with Crippen molar-refractivity contribution in [1.29, 1.82) is 0 Å². The van der Waals surface area contributed by atoms with E-state index >= 15 is 0 Å². The molecular weight excluding hydrogens is 298 g/mol. The van der Waals surface area contributed by atoms with Gasteiger partial charge in [-0.15, -0.1) is 0 Å². The van der Waals surface area contributed by atoms with Crippen LogP contribution >= 0.6 is 0 Å². The topological polar surface area (TPSA) is 76.8 Å². The lowest BCUT2D eigenvalue weighted by Crippen LogP contribution is -2.30. The Bertz CT molecular complexity index is 669. The normalized spacial score (nSPS) is 10.3. The van der Waals surface area contributed by atoms with Gasteiger partial charge in [0.25, 0.3) is 0 Å². The standard InChI is InChI=1S/C16H21N3O4/c1-5-22-15-9-12(6-7-14(15)21-4)17-16(20)19(3)10-13-8-11(2)23-18-13/h6-9H,5,10H2,1-4H3,(H,17,20). The highest BCUT2D eigenvalue weighted by atomic mass is 16.5. The van der Waals surface area contributed by atoms with Crippen molar-refractivity contribution < 1.29 is 18.8 Å². The highest BCUT2D eigenvalue weighted by Gasteiger charge is 2.13. The number of rotatable bonds is 6. The number of methoxy groups -OCH3 is 1. The second-order valence-electron chi connectivity index (χ2n) is 5.01. The average Bonchev–Trinajstić information content (AvgIpc) is 2.93. The Morgan fingerprint density at radius 2 is 2.13 bits per heavy atom. The molecule has 0 radical (unpaired) electrons. The van der Waals surface area contributed by atoms with Crippen LogP contribution in [0, 0.1) is 6.92 Å². The minimum atomic E-state index is -0.252. The van der Waals surface area contributed by atoms with E-state index in [-0.39, 0.29) is 6.03 Å². The maximum absolute atomic E-state index is 12.2. The third kappa shape index (κ3) is 4.38. The number of aromatic nitrogens is 1. The monoisotopic (exact) mass is 319 g/mol. The van der Waals surface area contributed by atoms with E-state index in [1.54, 1.807) is 38.4 Å². The van der Waals surface area contributed by atoms with E-state index in [2.05, 4.69) is 10.5 Å². The number of nitrogens with zero attached hydrogens (tertiary/aromatic N) is 2. The Balaban J connectivity index is 2.02. The molecule has 0 aliphatic heterocycles. The third-order valence-corrected chi connectivity index (χ3v) is 3.14. The number of benzene rings is 1. The van der Waals surface area contributed by atoms with Crippen LogP contribution in [0.1, 0.15) is 18.4 Å². The number of hydrogen-bond acceptors (Lipinski definition) is 5. The largest absolute Gasteiger partial charge is 0.493 e. The van der Waals surface area contributed by atoms with Crippen LogP contribution in [0.3, 0.4) is 0 Å². The molecule has 0 unspecified atom stereocenters. The second kappa shape index (κ2) is 7.53. The number of aryl methyl sites for hydroxylation is 1. The number of hydrogen-bond donors (Lipinski definition) is 1. The average molecular weight is 319 g/mol. The van der Waals surface area contributed by atoms with Gasteiger partial charge in [0.1, 0.15) is 11.5 Å². The van der Waals surface area contributed by atoms with Gasteiger partial charge in [-0.1, -0.05) is 5.16 Å². The summed E-state index contributed by atoms with van der Waals surface area (Å²) < 4.78 is 15.7. The summed E-state index contributed by atoms with van der Waals surface area (Å²) in [5.74, 6) is 1.92. The molecule has 0 saturated heterocycles. The van der Waals surface area contributed by atoms with Crippen LogP contribution in [0.25, 0.3) is 0 Å². The SMILES string of the molecule is CCOc1cc(NC(=O)N(C)Cc2cc(C)on2)ccc1OC. The molecule has 0 bridgehead atoms. The first-order valence-corrected chi connectivity index (χ1v) is 7.28. The molecular formula is C16H21N3O4. The molecule has 23 heavy (non-hydrogen) atoms. The Kier molecular flexibility index (Phi) is 5.46. The molecule has 7 nitrogen and oxygen atoms in total. The smallest absolute Gasteiger partial charge is 0.321 e. The second-order valence-corrected chi connectivity index (χ2v) is 5.01. The quantitative estimate of drug-likeness (QED) is 0.885. The lowest BCUT2D eigenvalue weighted by Gasteiger charge is -2.17. The molecule has 124 valence electrons. The number of ether oxygens (including phenoxy) is 2. The number of carbonyl (C=O) groups is 1. The molecule has 0 spiro atoms. The fourth-order valence-corrected chi connectivity index (χ4v) is 2.05. The molecule has 0 aliphatic carbocycles. The molecule has 1 N–H and O–H groups in total. The zero-order valence-corrected chi connectivity index (χ0v) is 13.8. The van der Waals surface area contributed by atoms with E-state index in [1.807, 2.05) is 13.8 Å². The number of carbonyl (C=O) groups excluding carboxylic acids is 1. The van der Waals surface area contributed by atoms with Crippen LogP contribution in [-0.2, 0) is 6.54 Å². The molecule has 1 heterocycles. The number of amides is 2. The number of urea groups is 1. The minimum Gasteiger partial charge on any atom is -0.493 e. The van der Waals surface area contributed by atoms with E-state index in [4.69, 9.17) is 14.0 Å². The first-order valence-electron chi connectivity index (χ1n) is 7.28. The summed E-state index contributed by atoms with van der Waals surface area (Å²) in [4.78, 5) is 13.7. The van der Waals surface area contributed by atoms with Crippen LogP contribution in [0.4, 0.5) is 10.5 Å². The lowest BCUT2D eigenvalue weighted by molar-refractivity contribution is 0.219. The molecule has 0 atom stereocenters. The highest BCUT2D eigenvalue weighted by molar-refractivity contribution is 5.89. The van der Waals surface area contributed by atoms with Gasteiger partial charge in [-0.05, 0) is 26.0 Å². The Morgan fingerprint density at radius 3 is 2.74 bits per heavy atom. The van der Waals surface area contributed by atoms with Gasteiger partial charge >= 0.3 is 6.03 Å². The van der Waals surface area contributed by atoms with Gasteiger partial charge in [-0.3, -0.25) is 0 Å². The van der Waals surface area contributed by atoms with Crippen molar-refractivity contribution in [2.75, 3.05) is 26.1 Å². The van der Waals surface area contributed by atoms with Gasteiger partial charge in [-0.2, -0.15) is 0 Å². The van der Waals surface area contributed by atoms with Crippen molar-refractivity contribution in [1.82, 2.24) is 10.1 Å². The summed E-state index contributed by atoms with van der Waals surface area (Å²) in [6, 6.07) is 6.78. The Morgan fingerprint density at radius 1 is 1.35 bits per heavy atom. The van der Waals surface area contributed by atoms with Gasteiger partial charge in [0.05, 0.1) is 20.3 Å². The fraction of sp³-hybridized carbons (Fsp3) is 0.375. The maximum atomic E-state index is 12.2. The van der Waals surface area contributed by atoms with Crippen LogP contribution in [-0.4, -0.2) is 36.9 Å². The summed E-state index contributed by atoms with van der Waals surface area (Å²) >= 11 is 0. The van der Waals surface area contributed by atoms with Crippen molar-refractivity contribution in [3.05, 3.63) is 35.7 Å². The molecule has 1 aromatic heterocycles. The van der Waals surface area contributed by atoms with Crippen LogP contribution in [0.5, 0.6) is 11.5 Å². The number of nitrogens with one attached hydrogen (secondary N) is 1. The van der Waals surface area contributed by atoms with Gasteiger partial charge in [0.15, 0.2) is 11.5 Å². The van der Waals surface area contributed by atoms with Crippen molar-refractivity contribution in [3.63, 3.8) is 0 Å². The van der Waals surface area contributed by atoms with E-state index in [9.17, 15) is 4.79 Å². The number of anilines is 1. The maximum Gasteiger partial charge on any atom is 0.321 e. The van der Waals surface area contributed by atoms with Gasteiger partial charge in [-0.25, -0.2) is 4.79 Å². The molecule has 0 saturated carbocycles. The zero-order valence-electron chi connectivity index (χ0n) is 13.8. The molecule has 0 fully saturated rings. The zero-order chi connectivity index (χ0) is 16.8. The summed E-state index contributed by atoms with van der Waals surface area (Å²) in [5.41, 5.74) is 1.33. The molecule has 2 amide bonds. The fourth-order valence-electron chi connectivity index (χ4n) is 2.05. The van der Waals surface area contributed by atoms with Gasteiger partial charge in [0, 0.05) is 24.9 Å². The first-order chi connectivity index (χ1) is 11.0. The Labute approximate surface area is 135 Å². The summed E-state index contributed by atoms with van der Waals surface area (Å²) in [5, 5.41) is 6.69. The van der Waals surface area contributed by atoms with E-state index in [1.165, 1.54) is 4.90 Å². The van der Waals surface area contributed by atoms with E-state index in [0.717, 1.165) is 0 Å². The van der Waals surface area contributed by atoms with E-state index < -0.39 is 0 Å². The van der Waals surface area contributed by atoms with Crippen LogP contribution < -0.4 is 14.8 Å². The van der Waals surface area contributed by atoms with E-state index in [0.29, 0.717) is 41.8 Å². The van der Waals surface area contributed by atoms with Crippen molar-refractivity contribution in [3.8, 4) is 11.5 Å². The molecule has 7 heteroatoms. The molecule has 0 aliphatic rings. The predicted octanol–water partition coefficient (Wildman–Crippen LogP) is 3.05. The predicted molar refractivity (Wildman–Crippen MR) is 85.9 cm³/mol. The minimum absolute atomic E-state index is 0.252.